The molecular weight excluding hydrogens is 505 g/mol. The highest BCUT2D eigenvalue weighted by Gasteiger charge is 2.36. The van der Waals surface area contributed by atoms with Gasteiger partial charge in [0.2, 0.25) is 5.85 Å². The van der Waals surface area contributed by atoms with Crippen LogP contribution in [0.3, 0.4) is 0 Å². The van der Waals surface area contributed by atoms with Crippen molar-refractivity contribution in [3.05, 3.63) is 89.1 Å². The van der Waals surface area contributed by atoms with Crippen molar-refractivity contribution in [2.75, 3.05) is 26.2 Å². The van der Waals surface area contributed by atoms with Gasteiger partial charge in [0.05, 0.1) is 11.7 Å². The molecule has 39 heavy (non-hydrogen) atoms. The van der Waals surface area contributed by atoms with Crippen LogP contribution in [-0.2, 0) is 10.9 Å². The van der Waals surface area contributed by atoms with Crippen LogP contribution in [0.15, 0.2) is 66.9 Å². The normalized spacial score (nSPS) is 24.5. The van der Waals surface area contributed by atoms with Crippen molar-refractivity contribution in [3.8, 4) is 0 Å². The molecule has 3 aliphatic heterocycles. The van der Waals surface area contributed by atoms with Gasteiger partial charge in [-0.2, -0.15) is 13.2 Å². The number of benzene rings is 2. The minimum atomic E-state index is -4.49. The third-order valence-corrected chi connectivity index (χ3v) is 7.81. The van der Waals surface area contributed by atoms with Gasteiger partial charge in [0.1, 0.15) is 0 Å². The maximum Gasteiger partial charge on any atom is 0.416 e. The number of alkyl halides is 3. The molecule has 2 aromatic rings. The molecule has 2 fully saturated rings. The molecular formula is C30H35F3N4O2. The van der Waals surface area contributed by atoms with E-state index in [1.165, 1.54) is 25.0 Å². The number of carbonyl (C=O) groups excluding carboxylic acids is 1. The molecule has 0 spiro atoms. The van der Waals surface area contributed by atoms with Crippen molar-refractivity contribution >= 4 is 11.5 Å². The van der Waals surface area contributed by atoms with E-state index in [1.807, 2.05) is 29.2 Å². The van der Waals surface area contributed by atoms with E-state index in [9.17, 15) is 18.0 Å². The van der Waals surface area contributed by atoms with Gasteiger partial charge in [-0.3, -0.25) is 10.5 Å². The van der Waals surface area contributed by atoms with Crippen molar-refractivity contribution in [1.82, 2.24) is 15.1 Å². The van der Waals surface area contributed by atoms with E-state index >= 15 is 0 Å². The summed E-state index contributed by atoms with van der Waals surface area (Å²) in [6.07, 6.45) is 4.19. The summed E-state index contributed by atoms with van der Waals surface area (Å²) in [6.45, 7) is 5.54. The number of nitrogens with zero attached hydrogens (tertiary/aromatic N) is 2. The Morgan fingerprint density at radius 2 is 1.82 bits per heavy atom. The fourth-order valence-electron chi connectivity index (χ4n) is 5.75. The van der Waals surface area contributed by atoms with E-state index < -0.39 is 23.7 Å². The molecule has 3 atom stereocenters. The average molecular weight is 541 g/mol. The molecule has 2 saturated heterocycles. The molecule has 0 aromatic heterocycles. The fraction of sp³-hybridized carbons (Fsp3) is 0.433. The van der Waals surface area contributed by atoms with Gasteiger partial charge in [-0.15, -0.1) is 0 Å². The first-order valence-electron chi connectivity index (χ1n) is 13.6. The van der Waals surface area contributed by atoms with E-state index in [-0.39, 0.29) is 17.5 Å². The summed E-state index contributed by atoms with van der Waals surface area (Å²) in [5.41, 5.74) is 7.92. The second-order valence-corrected chi connectivity index (χ2v) is 10.6. The highest BCUT2D eigenvalue weighted by molar-refractivity contribution is 5.95. The van der Waals surface area contributed by atoms with Crippen LogP contribution in [0.25, 0.3) is 5.57 Å². The maximum atomic E-state index is 13.4. The van der Waals surface area contributed by atoms with E-state index in [0.717, 1.165) is 56.2 Å². The Bertz CT molecular complexity index is 1240. The summed E-state index contributed by atoms with van der Waals surface area (Å²) >= 11 is 0. The lowest BCUT2D eigenvalue weighted by Crippen LogP contribution is -2.53. The largest absolute Gasteiger partial charge is 0.416 e. The number of carbonyl (C=O) groups is 1. The van der Waals surface area contributed by atoms with Crippen LogP contribution in [0.2, 0.25) is 0 Å². The van der Waals surface area contributed by atoms with Gasteiger partial charge in [0.25, 0.3) is 5.91 Å². The zero-order chi connectivity index (χ0) is 27.6. The molecule has 5 rings (SSSR count). The summed E-state index contributed by atoms with van der Waals surface area (Å²) in [7, 11) is 0. The molecule has 0 bridgehead atoms. The summed E-state index contributed by atoms with van der Waals surface area (Å²) in [5, 5.41) is 2.97. The number of dihydropyridines is 1. The van der Waals surface area contributed by atoms with Crippen LogP contribution < -0.4 is 11.1 Å². The van der Waals surface area contributed by atoms with Crippen LogP contribution in [-0.4, -0.2) is 53.8 Å². The Morgan fingerprint density at radius 3 is 2.49 bits per heavy atom. The SMILES string of the molecule is CC(OC1(N)C=CC(c2ccc(C(=O)N3CCC[C@@H]3CN3CCCC3)cc2)=CN1)c1ccccc1C(F)(F)F. The van der Waals surface area contributed by atoms with Gasteiger partial charge < -0.3 is 19.9 Å². The molecule has 6 nitrogen and oxygen atoms in total. The first-order chi connectivity index (χ1) is 18.6. The van der Waals surface area contributed by atoms with Crippen LogP contribution in [0.4, 0.5) is 13.2 Å². The molecule has 3 N–H and O–H groups in total. The van der Waals surface area contributed by atoms with Gasteiger partial charge >= 0.3 is 6.18 Å². The minimum absolute atomic E-state index is 0.0146. The zero-order valence-electron chi connectivity index (χ0n) is 22.1. The number of rotatable bonds is 7. The van der Waals surface area contributed by atoms with Crippen molar-refractivity contribution < 1.29 is 22.7 Å². The van der Waals surface area contributed by atoms with Gasteiger partial charge in [0, 0.05) is 30.9 Å². The molecule has 0 saturated carbocycles. The smallest absolute Gasteiger partial charge is 0.347 e. The molecule has 9 heteroatoms. The lowest BCUT2D eigenvalue weighted by atomic mass is 10.0. The summed E-state index contributed by atoms with van der Waals surface area (Å²) in [5.74, 6) is -1.41. The first kappa shape index (κ1) is 27.4. The van der Waals surface area contributed by atoms with Crippen molar-refractivity contribution in [2.24, 2.45) is 5.73 Å². The summed E-state index contributed by atoms with van der Waals surface area (Å²) in [4.78, 5) is 17.8. The van der Waals surface area contributed by atoms with Gasteiger partial charge in [-0.05, 0) is 86.7 Å². The first-order valence-corrected chi connectivity index (χ1v) is 13.6. The number of nitrogens with one attached hydrogen (secondary N) is 1. The minimum Gasteiger partial charge on any atom is -0.347 e. The standard InChI is InChI=1S/C30H35F3N4O2/c1-21(26-8-2-3-9-27(26)30(31,32)33)39-29(34)15-14-24(19-35-29)22-10-12-23(13-11-22)28(38)37-18-6-7-25(37)20-36-16-4-5-17-36/h2-3,8-15,19,21,25,35H,4-7,16-18,20,34H2,1H3/t21?,25-,29?/m1/s1. The fourth-order valence-corrected chi connectivity index (χ4v) is 5.75. The Hall–Kier alpha value is -3.14. The van der Waals surface area contributed by atoms with Crippen molar-refractivity contribution in [2.45, 2.75) is 56.8 Å². The van der Waals surface area contributed by atoms with Crippen LogP contribution in [0.1, 0.15) is 65.8 Å². The third-order valence-electron chi connectivity index (χ3n) is 7.81. The lowest BCUT2D eigenvalue weighted by Gasteiger charge is -2.33. The average Bonchev–Trinajstić information content (AvgIpc) is 3.61. The van der Waals surface area contributed by atoms with E-state index in [1.54, 1.807) is 31.3 Å². The molecule has 3 aliphatic rings. The number of hydrogen-bond donors (Lipinski definition) is 2. The molecule has 0 aliphatic carbocycles. The molecule has 208 valence electrons. The monoisotopic (exact) mass is 540 g/mol. The molecule has 2 aromatic carbocycles. The topological polar surface area (TPSA) is 70.8 Å². The van der Waals surface area contributed by atoms with E-state index in [4.69, 9.17) is 10.5 Å². The van der Waals surface area contributed by atoms with E-state index in [0.29, 0.717) is 5.56 Å². The van der Waals surface area contributed by atoms with Gasteiger partial charge in [0.15, 0.2) is 0 Å². The molecule has 3 heterocycles. The van der Waals surface area contributed by atoms with Crippen LogP contribution in [0, 0.1) is 0 Å². The zero-order valence-corrected chi connectivity index (χ0v) is 22.1. The Labute approximate surface area is 227 Å². The number of hydrogen-bond acceptors (Lipinski definition) is 5. The predicted octanol–water partition coefficient (Wildman–Crippen LogP) is 5.30. The Kier molecular flexibility index (Phi) is 7.84. The number of likely N-dealkylation sites (tertiary alicyclic amines) is 2. The van der Waals surface area contributed by atoms with Gasteiger partial charge in [-0.25, -0.2) is 0 Å². The summed E-state index contributed by atoms with van der Waals surface area (Å²) < 4.78 is 46.1. The predicted molar refractivity (Wildman–Crippen MR) is 144 cm³/mol. The number of allylic oxidation sites excluding steroid dienone is 2. The number of amides is 1. The van der Waals surface area contributed by atoms with Crippen LogP contribution >= 0.6 is 0 Å². The lowest BCUT2D eigenvalue weighted by molar-refractivity contribution is -0.141. The Balaban J connectivity index is 1.21. The van der Waals surface area contributed by atoms with E-state index in [2.05, 4.69) is 10.2 Å². The van der Waals surface area contributed by atoms with Crippen molar-refractivity contribution in [3.63, 3.8) is 0 Å². The second kappa shape index (κ2) is 11.2. The quantitative estimate of drug-likeness (QED) is 0.467. The second-order valence-electron chi connectivity index (χ2n) is 10.6. The van der Waals surface area contributed by atoms with Crippen LogP contribution in [0.5, 0.6) is 0 Å². The highest BCUT2D eigenvalue weighted by Crippen LogP contribution is 2.36. The maximum absolute atomic E-state index is 13.4. The van der Waals surface area contributed by atoms with Crippen molar-refractivity contribution in [1.29, 1.82) is 0 Å². The molecule has 2 unspecified atom stereocenters. The third kappa shape index (κ3) is 6.21. The molecule has 1 amide bonds. The molecule has 0 radical (unpaired) electrons. The number of nitrogens with two attached hydrogens (primary N) is 1. The van der Waals surface area contributed by atoms with Gasteiger partial charge in [-0.1, -0.05) is 36.4 Å². The number of ether oxygens (including phenoxy) is 1. The number of halogens is 3. The highest BCUT2D eigenvalue weighted by atomic mass is 19.4. The summed E-state index contributed by atoms with van der Waals surface area (Å²) in [6, 6.07) is 13.1. The Morgan fingerprint density at radius 1 is 1.10 bits per heavy atom.